The molecule has 0 amide bonds. The highest BCUT2D eigenvalue weighted by atomic mass is 32.1. The molecule has 1 aromatic carbocycles. The molecule has 0 bridgehead atoms. The van der Waals surface area contributed by atoms with Gasteiger partial charge in [-0.25, -0.2) is 9.97 Å². The second-order valence-electron chi connectivity index (χ2n) is 4.80. The Morgan fingerprint density at radius 2 is 2.05 bits per heavy atom. The minimum Gasteiger partial charge on any atom is -0.496 e. The lowest BCUT2D eigenvalue weighted by atomic mass is 10.1. The van der Waals surface area contributed by atoms with Crippen LogP contribution >= 0.6 is 22.7 Å². The van der Waals surface area contributed by atoms with Crippen LogP contribution in [0.4, 0.5) is 5.13 Å². The van der Waals surface area contributed by atoms with Crippen LogP contribution in [0.1, 0.15) is 16.3 Å². The van der Waals surface area contributed by atoms with Crippen LogP contribution in [0.5, 0.6) is 5.75 Å². The lowest BCUT2D eigenvalue weighted by molar-refractivity contribution is 0.410. The van der Waals surface area contributed by atoms with E-state index in [1.807, 2.05) is 32.2 Å². The van der Waals surface area contributed by atoms with E-state index in [1.165, 1.54) is 0 Å². The van der Waals surface area contributed by atoms with Crippen molar-refractivity contribution in [2.24, 2.45) is 0 Å². The number of rotatable bonds is 5. The first-order valence-corrected chi connectivity index (χ1v) is 8.62. The third kappa shape index (κ3) is 2.98. The number of hydrogen-bond acceptors (Lipinski definition) is 6. The first kappa shape index (κ1) is 15.0. The normalized spacial score (nSPS) is 10.7. The van der Waals surface area contributed by atoms with Gasteiger partial charge in [0.1, 0.15) is 5.75 Å². The highest BCUT2D eigenvalue weighted by molar-refractivity contribution is 7.19. The molecule has 0 radical (unpaired) electrons. The number of anilines is 1. The van der Waals surface area contributed by atoms with Crippen molar-refractivity contribution in [2.45, 2.75) is 13.3 Å². The SMILES string of the molecule is CNc1nc(C)c(-c2csc(Cc3ccccc3OC)n2)s1. The molecule has 0 unspecified atom stereocenters. The predicted molar refractivity (Wildman–Crippen MR) is 93.3 cm³/mol. The van der Waals surface area contributed by atoms with Crippen molar-refractivity contribution in [1.82, 2.24) is 9.97 Å². The molecule has 0 fully saturated rings. The van der Waals surface area contributed by atoms with Crippen LogP contribution in [0, 0.1) is 6.92 Å². The smallest absolute Gasteiger partial charge is 0.183 e. The van der Waals surface area contributed by atoms with Gasteiger partial charge in [0.15, 0.2) is 5.13 Å². The fourth-order valence-electron chi connectivity index (χ4n) is 2.25. The van der Waals surface area contributed by atoms with Crippen molar-refractivity contribution >= 4 is 27.8 Å². The Morgan fingerprint density at radius 3 is 2.77 bits per heavy atom. The summed E-state index contributed by atoms with van der Waals surface area (Å²) in [5, 5.41) is 7.19. The van der Waals surface area contributed by atoms with E-state index >= 15 is 0 Å². The minimum atomic E-state index is 0.783. The van der Waals surface area contributed by atoms with Crippen molar-refractivity contribution in [3.8, 4) is 16.3 Å². The highest BCUT2D eigenvalue weighted by Crippen LogP contribution is 2.34. The van der Waals surface area contributed by atoms with Crippen molar-refractivity contribution in [2.75, 3.05) is 19.5 Å². The van der Waals surface area contributed by atoms with Crippen LogP contribution in [-0.4, -0.2) is 24.1 Å². The molecule has 2 heterocycles. The van der Waals surface area contributed by atoms with E-state index < -0.39 is 0 Å². The van der Waals surface area contributed by atoms with E-state index in [2.05, 4.69) is 21.7 Å². The second-order valence-corrected chi connectivity index (χ2v) is 6.74. The lowest BCUT2D eigenvalue weighted by Gasteiger charge is -2.05. The number of nitrogens with zero attached hydrogens (tertiary/aromatic N) is 2. The largest absolute Gasteiger partial charge is 0.496 e. The van der Waals surface area contributed by atoms with E-state index in [-0.39, 0.29) is 0 Å². The van der Waals surface area contributed by atoms with Gasteiger partial charge in [-0.05, 0) is 13.0 Å². The maximum atomic E-state index is 5.41. The topological polar surface area (TPSA) is 47.0 Å². The molecule has 0 aliphatic heterocycles. The molecule has 3 rings (SSSR count). The number of aryl methyl sites for hydroxylation is 1. The zero-order valence-corrected chi connectivity index (χ0v) is 14.3. The Balaban J connectivity index is 1.86. The summed E-state index contributed by atoms with van der Waals surface area (Å²) in [4.78, 5) is 10.4. The van der Waals surface area contributed by atoms with Gasteiger partial charge in [0, 0.05) is 24.4 Å². The maximum absolute atomic E-state index is 5.41. The Morgan fingerprint density at radius 1 is 1.23 bits per heavy atom. The Bertz CT molecular complexity index is 779. The number of nitrogens with one attached hydrogen (secondary N) is 1. The summed E-state index contributed by atoms with van der Waals surface area (Å²) in [5.74, 6) is 0.908. The van der Waals surface area contributed by atoms with E-state index in [9.17, 15) is 0 Å². The lowest BCUT2D eigenvalue weighted by Crippen LogP contribution is -1.93. The summed E-state index contributed by atoms with van der Waals surface area (Å²) >= 11 is 3.31. The first-order valence-electron chi connectivity index (χ1n) is 6.93. The van der Waals surface area contributed by atoms with E-state index in [1.54, 1.807) is 29.8 Å². The number of methoxy groups -OCH3 is 1. The van der Waals surface area contributed by atoms with Crippen molar-refractivity contribution in [3.63, 3.8) is 0 Å². The molecule has 114 valence electrons. The molecule has 0 atom stereocenters. The van der Waals surface area contributed by atoms with E-state index in [4.69, 9.17) is 9.72 Å². The Kier molecular flexibility index (Phi) is 4.40. The fraction of sp³-hybridized carbons (Fsp3) is 0.250. The number of benzene rings is 1. The average Bonchev–Trinajstić information content (AvgIpc) is 3.14. The molecule has 3 aromatic rings. The van der Waals surface area contributed by atoms with Gasteiger partial charge >= 0.3 is 0 Å². The van der Waals surface area contributed by atoms with Crippen LogP contribution < -0.4 is 10.1 Å². The Labute approximate surface area is 137 Å². The third-order valence-corrected chi connectivity index (χ3v) is 5.38. The van der Waals surface area contributed by atoms with E-state index in [0.717, 1.165) is 44.1 Å². The zero-order chi connectivity index (χ0) is 15.5. The van der Waals surface area contributed by atoms with Crippen molar-refractivity contribution in [3.05, 3.63) is 45.9 Å². The molecule has 0 saturated carbocycles. The summed E-state index contributed by atoms with van der Waals surface area (Å²) in [6, 6.07) is 8.07. The van der Waals surface area contributed by atoms with Gasteiger partial charge in [0.2, 0.25) is 0 Å². The number of hydrogen-bond donors (Lipinski definition) is 1. The number of thiazole rings is 2. The van der Waals surface area contributed by atoms with Gasteiger partial charge in [-0.1, -0.05) is 29.5 Å². The monoisotopic (exact) mass is 331 g/mol. The molecular formula is C16H17N3OS2. The van der Waals surface area contributed by atoms with Crippen molar-refractivity contribution in [1.29, 1.82) is 0 Å². The average molecular weight is 331 g/mol. The molecule has 4 nitrogen and oxygen atoms in total. The standard InChI is InChI=1S/C16H17N3OS2/c1-10-15(22-16(17-2)18-10)12-9-21-14(19-12)8-11-6-4-5-7-13(11)20-3/h4-7,9H,8H2,1-3H3,(H,17,18). The van der Waals surface area contributed by atoms with Gasteiger partial charge in [0.05, 0.1) is 28.4 Å². The molecule has 6 heteroatoms. The van der Waals surface area contributed by atoms with Gasteiger partial charge < -0.3 is 10.1 Å². The molecule has 2 aromatic heterocycles. The molecule has 0 aliphatic rings. The number of ether oxygens (including phenoxy) is 1. The zero-order valence-electron chi connectivity index (χ0n) is 12.7. The quantitative estimate of drug-likeness (QED) is 0.760. The summed E-state index contributed by atoms with van der Waals surface area (Å²) in [6.45, 7) is 2.02. The third-order valence-electron chi connectivity index (χ3n) is 3.33. The van der Waals surface area contributed by atoms with Crippen LogP contribution in [-0.2, 0) is 6.42 Å². The molecule has 0 spiro atoms. The summed E-state index contributed by atoms with van der Waals surface area (Å²) in [6.07, 6.45) is 0.783. The first-order chi connectivity index (χ1) is 10.7. The van der Waals surface area contributed by atoms with Gasteiger partial charge in [-0.2, -0.15) is 0 Å². The summed E-state index contributed by atoms with van der Waals surface area (Å²) < 4.78 is 5.41. The van der Waals surface area contributed by atoms with Gasteiger partial charge in [-0.15, -0.1) is 11.3 Å². The molecule has 0 aliphatic carbocycles. The number of aromatic nitrogens is 2. The maximum Gasteiger partial charge on any atom is 0.183 e. The van der Waals surface area contributed by atoms with Gasteiger partial charge in [-0.3, -0.25) is 0 Å². The van der Waals surface area contributed by atoms with Crippen LogP contribution in [0.3, 0.4) is 0 Å². The minimum absolute atomic E-state index is 0.783. The van der Waals surface area contributed by atoms with Crippen LogP contribution in [0.2, 0.25) is 0 Å². The molecule has 22 heavy (non-hydrogen) atoms. The van der Waals surface area contributed by atoms with Crippen LogP contribution in [0.25, 0.3) is 10.6 Å². The van der Waals surface area contributed by atoms with E-state index in [0.29, 0.717) is 0 Å². The van der Waals surface area contributed by atoms with Crippen LogP contribution in [0.15, 0.2) is 29.6 Å². The molecular weight excluding hydrogens is 314 g/mol. The van der Waals surface area contributed by atoms with Gasteiger partial charge in [0.25, 0.3) is 0 Å². The number of para-hydroxylation sites is 1. The fourth-order valence-corrected chi connectivity index (χ4v) is 4.01. The molecule has 0 saturated heterocycles. The van der Waals surface area contributed by atoms with Crippen molar-refractivity contribution < 1.29 is 4.74 Å². The highest BCUT2D eigenvalue weighted by Gasteiger charge is 2.13. The predicted octanol–water partition coefficient (Wildman–Crippen LogP) is 4.22. The summed E-state index contributed by atoms with van der Waals surface area (Å²) in [7, 11) is 3.59. The second kappa shape index (κ2) is 6.46. The Hall–Kier alpha value is -1.92. The summed E-state index contributed by atoms with van der Waals surface area (Å²) in [5.41, 5.74) is 3.18. The molecule has 1 N–H and O–H groups in total.